The summed E-state index contributed by atoms with van der Waals surface area (Å²) in [5.74, 6) is -0.527. The summed E-state index contributed by atoms with van der Waals surface area (Å²) in [5.41, 5.74) is 0.357. The molecular formula is C14H15Cl2N3O. The second-order valence-electron chi connectivity index (χ2n) is 4.06. The molecule has 0 aromatic heterocycles. The Morgan fingerprint density at radius 3 is 2.85 bits per heavy atom. The predicted octanol–water partition coefficient (Wildman–Crippen LogP) is 3.73. The summed E-state index contributed by atoms with van der Waals surface area (Å²) in [4.78, 5) is 11.9. The minimum Gasteiger partial charge on any atom is -0.390 e. The molecule has 0 aliphatic heterocycles. The maximum atomic E-state index is 11.9. The number of carbonyl (C=O) groups is 1. The van der Waals surface area contributed by atoms with E-state index in [2.05, 4.69) is 17.6 Å². The molecule has 1 aromatic carbocycles. The van der Waals surface area contributed by atoms with Crippen LogP contribution in [0, 0.1) is 11.3 Å². The number of amides is 1. The van der Waals surface area contributed by atoms with Crippen LogP contribution in [0.25, 0.3) is 0 Å². The fourth-order valence-corrected chi connectivity index (χ4v) is 1.72. The minimum atomic E-state index is -0.527. The molecule has 0 aliphatic carbocycles. The Labute approximate surface area is 128 Å². The Morgan fingerprint density at radius 1 is 1.45 bits per heavy atom. The Balaban J connectivity index is 2.73. The Morgan fingerprint density at radius 2 is 2.20 bits per heavy atom. The Kier molecular flexibility index (Phi) is 6.92. The van der Waals surface area contributed by atoms with Crippen molar-refractivity contribution in [3.05, 3.63) is 40.0 Å². The normalized spacial score (nSPS) is 10.8. The third-order valence-corrected chi connectivity index (χ3v) is 3.03. The topological polar surface area (TPSA) is 64.9 Å². The van der Waals surface area contributed by atoms with Crippen LogP contribution < -0.4 is 10.6 Å². The lowest BCUT2D eigenvalue weighted by Crippen LogP contribution is -2.17. The van der Waals surface area contributed by atoms with Gasteiger partial charge in [-0.2, -0.15) is 5.26 Å². The van der Waals surface area contributed by atoms with Crippen LogP contribution in [0.3, 0.4) is 0 Å². The molecule has 0 unspecified atom stereocenters. The van der Waals surface area contributed by atoms with Gasteiger partial charge in [0.1, 0.15) is 11.6 Å². The highest BCUT2D eigenvalue weighted by Gasteiger charge is 2.11. The fraction of sp³-hybridized carbons (Fsp3) is 0.286. The third kappa shape index (κ3) is 5.12. The molecule has 0 spiro atoms. The van der Waals surface area contributed by atoms with Gasteiger partial charge >= 0.3 is 0 Å². The van der Waals surface area contributed by atoms with Crippen molar-refractivity contribution in [2.75, 3.05) is 11.9 Å². The molecule has 0 saturated carbocycles. The second-order valence-corrected chi connectivity index (χ2v) is 4.90. The van der Waals surface area contributed by atoms with Crippen molar-refractivity contribution in [1.29, 1.82) is 5.26 Å². The first-order chi connectivity index (χ1) is 9.58. The van der Waals surface area contributed by atoms with Crippen LogP contribution in [0.15, 0.2) is 30.0 Å². The highest BCUT2D eigenvalue weighted by atomic mass is 35.5. The zero-order chi connectivity index (χ0) is 15.0. The number of nitrogens with one attached hydrogen (secondary N) is 2. The van der Waals surface area contributed by atoms with Crippen LogP contribution in [-0.2, 0) is 4.79 Å². The molecule has 20 heavy (non-hydrogen) atoms. The number of nitrogens with zero attached hydrogens (tertiary/aromatic N) is 1. The molecule has 0 radical (unpaired) electrons. The number of rotatable bonds is 6. The zero-order valence-electron chi connectivity index (χ0n) is 11.0. The van der Waals surface area contributed by atoms with Gasteiger partial charge in [0.2, 0.25) is 0 Å². The highest BCUT2D eigenvalue weighted by molar-refractivity contribution is 6.35. The first kappa shape index (κ1) is 16.4. The van der Waals surface area contributed by atoms with E-state index in [0.29, 0.717) is 22.3 Å². The molecule has 0 fully saturated rings. The van der Waals surface area contributed by atoms with Crippen molar-refractivity contribution in [2.45, 2.75) is 19.8 Å². The van der Waals surface area contributed by atoms with Crippen molar-refractivity contribution in [3.63, 3.8) is 0 Å². The third-order valence-electron chi connectivity index (χ3n) is 2.46. The standard InChI is InChI=1S/C14H15Cl2N3O/c1-2-3-6-18-9-10(8-17)14(20)19-13-7-11(15)4-5-12(13)16/h4-5,7,9,18H,2-3,6H2,1H3,(H,19,20)/b10-9-. The average molecular weight is 312 g/mol. The summed E-state index contributed by atoms with van der Waals surface area (Å²) >= 11 is 11.8. The van der Waals surface area contributed by atoms with Crippen molar-refractivity contribution in [1.82, 2.24) is 5.32 Å². The maximum absolute atomic E-state index is 11.9. The van der Waals surface area contributed by atoms with Gasteiger partial charge in [-0.05, 0) is 24.6 Å². The first-order valence-corrected chi connectivity index (χ1v) is 6.94. The molecule has 1 amide bonds. The van der Waals surface area contributed by atoms with Crippen LogP contribution >= 0.6 is 23.2 Å². The van der Waals surface area contributed by atoms with Crippen LogP contribution in [0.1, 0.15) is 19.8 Å². The van der Waals surface area contributed by atoms with Crippen LogP contribution in [0.2, 0.25) is 10.0 Å². The number of halogens is 2. The SMILES string of the molecule is CCCCN/C=C(/C#N)C(=O)Nc1cc(Cl)ccc1Cl. The van der Waals surface area contributed by atoms with Crippen molar-refractivity contribution >= 4 is 34.8 Å². The predicted molar refractivity (Wildman–Crippen MR) is 81.7 cm³/mol. The molecule has 0 saturated heterocycles. The van der Waals surface area contributed by atoms with E-state index in [4.69, 9.17) is 28.5 Å². The number of hydrogen-bond donors (Lipinski definition) is 2. The zero-order valence-corrected chi connectivity index (χ0v) is 12.6. The van der Waals surface area contributed by atoms with E-state index in [-0.39, 0.29) is 5.57 Å². The fourth-order valence-electron chi connectivity index (χ4n) is 1.38. The van der Waals surface area contributed by atoms with Crippen LogP contribution in [0.4, 0.5) is 5.69 Å². The van der Waals surface area contributed by atoms with Crippen LogP contribution in [-0.4, -0.2) is 12.5 Å². The van der Waals surface area contributed by atoms with Gasteiger partial charge in [0.05, 0.1) is 10.7 Å². The quantitative estimate of drug-likeness (QED) is 0.478. The molecule has 0 bridgehead atoms. The number of hydrogen-bond acceptors (Lipinski definition) is 3. The lowest BCUT2D eigenvalue weighted by atomic mass is 10.2. The summed E-state index contributed by atoms with van der Waals surface area (Å²) in [6.45, 7) is 2.78. The van der Waals surface area contributed by atoms with E-state index in [9.17, 15) is 4.79 Å². The molecule has 6 heteroatoms. The molecule has 0 aliphatic rings. The summed E-state index contributed by atoms with van der Waals surface area (Å²) < 4.78 is 0. The lowest BCUT2D eigenvalue weighted by Gasteiger charge is -2.07. The molecule has 4 nitrogen and oxygen atoms in total. The van der Waals surface area contributed by atoms with Gasteiger partial charge in [0.15, 0.2) is 0 Å². The van der Waals surface area contributed by atoms with Crippen molar-refractivity contribution in [3.8, 4) is 6.07 Å². The summed E-state index contributed by atoms with van der Waals surface area (Å²) in [6, 6.07) is 6.57. The van der Waals surface area contributed by atoms with Gasteiger partial charge < -0.3 is 10.6 Å². The number of unbranched alkanes of at least 4 members (excludes halogenated alkanes) is 1. The van der Waals surface area contributed by atoms with E-state index >= 15 is 0 Å². The van der Waals surface area contributed by atoms with Gasteiger partial charge in [-0.3, -0.25) is 4.79 Å². The Hall–Kier alpha value is -1.70. The van der Waals surface area contributed by atoms with E-state index in [1.165, 1.54) is 12.3 Å². The van der Waals surface area contributed by atoms with Gasteiger partial charge in [0.25, 0.3) is 5.91 Å². The number of nitriles is 1. The molecule has 0 atom stereocenters. The number of carbonyl (C=O) groups excluding carboxylic acids is 1. The number of benzene rings is 1. The van der Waals surface area contributed by atoms with Crippen molar-refractivity contribution < 1.29 is 4.79 Å². The molecule has 1 rings (SSSR count). The van der Waals surface area contributed by atoms with E-state index < -0.39 is 5.91 Å². The summed E-state index contributed by atoms with van der Waals surface area (Å²) in [6.07, 6.45) is 3.41. The minimum absolute atomic E-state index is 0.0165. The average Bonchev–Trinajstić information content (AvgIpc) is 2.43. The molecule has 2 N–H and O–H groups in total. The van der Waals surface area contributed by atoms with E-state index in [1.54, 1.807) is 12.1 Å². The summed E-state index contributed by atoms with van der Waals surface area (Å²) in [7, 11) is 0. The second kappa shape index (κ2) is 8.47. The van der Waals surface area contributed by atoms with Gasteiger partial charge in [0, 0.05) is 17.8 Å². The van der Waals surface area contributed by atoms with Crippen molar-refractivity contribution in [2.24, 2.45) is 0 Å². The molecule has 0 heterocycles. The number of anilines is 1. The Bertz CT molecular complexity index is 550. The lowest BCUT2D eigenvalue weighted by molar-refractivity contribution is -0.112. The molecule has 1 aromatic rings. The smallest absolute Gasteiger partial charge is 0.267 e. The van der Waals surface area contributed by atoms with E-state index in [0.717, 1.165) is 12.8 Å². The van der Waals surface area contributed by atoms with Gasteiger partial charge in [-0.15, -0.1) is 0 Å². The van der Waals surface area contributed by atoms with Gasteiger partial charge in [-0.1, -0.05) is 36.5 Å². The van der Waals surface area contributed by atoms with Gasteiger partial charge in [-0.25, -0.2) is 0 Å². The van der Waals surface area contributed by atoms with Crippen LogP contribution in [0.5, 0.6) is 0 Å². The maximum Gasteiger partial charge on any atom is 0.267 e. The monoisotopic (exact) mass is 311 g/mol. The molecule has 106 valence electrons. The van der Waals surface area contributed by atoms with E-state index in [1.807, 2.05) is 6.07 Å². The largest absolute Gasteiger partial charge is 0.390 e. The summed E-state index contributed by atoms with van der Waals surface area (Å²) in [5, 5.41) is 15.3. The first-order valence-electron chi connectivity index (χ1n) is 6.18. The highest BCUT2D eigenvalue weighted by Crippen LogP contribution is 2.25. The molecular weight excluding hydrogens is 297 g/mol.